The number of ether oxygens (including phenoxy) is 1. The third-order valence-corrected chi connectivity index (χ3v) is 10.1. The van der Waals surface area contributed by atoms with Crippen molar-refractivity contribution in [3.05, 3.63) is 95.3 Å². The molecule has 262 valence electrons. The van der Waals surface area contributed by atoms with E-state index in [-0.39, 0.29) is 31.3 Å². The summed E-state index contributed by atoms with van der Waals surface area (Å²) in [7, 11) is 1.29. The Balaban J connectivity index is 1.41. The van der Waals surface area contributed by atoms with Crippen molar-refractivity contribution in [1.82, 2.24) is 15.1 Å². The lowest BCUT2D eigenvalue weighted by atomic mass is 9.72. The topological polar surface area (TPSA) is 125 Å². The highest BCUT2D eigenvalue weighted by molar-refractivity contribution is 5.90. The number of aryl methyl sites for hydroxylation is 1. The van der Waals surface area contributed by atoms with Gasteiger partial charge in [-0.1, -0.05) is 73.7 Å². The average molecular weight is 673 g/mol. The van der Waals surface area contributed by atoms with Crippen LogP contribution in [0.5, 0.6) is 0 Å². The Morgan fingerprint density at radius 1 is 1.02 bits per heavy atom. The number of nitrogens with two attached hydrogens (primary N) is 1. The van der Waals surface area contributed by atoms with Crippen molar-refractivity contribution >= 4 is 17.9 Å². The van der Waals surface area contributed by atoms with Crippen molar-refractivity contribution in [1.29, 1.82) is 0 Å². The Morgan fingerprint density at radius 3 is 2.51 bits per heavy atom. The second kappa shape index (κ2) is 16.4. The number of likely N-dealkylation sites (tertiary alicyclic amines) is 2. The molecule has 0 spiro atoms. The van der Waals surface area contributed by atoms with Gasteiger partial charge < -0.3 is 30.7 Å². The molecule has 9 nitrogen and oxygen atoms in total. The van der Waals surface area contributed by atoms with Gasteiger partial charge in [0.1, 0.15) is 11.9 Å². The molecule has 1 unspecified atom stereocenters. The fourth-order valence-corrected chi connectivity index (χ4v) is 7.54. The van der Waals surface area contributed by atoms with E-state index in [9.17, 15) is 19.5 Å². The van der Waals surface area contributed by atoms with Crippen LogP contribution in [0.1, 0.15) is 62.1 Å². The number of carbonyl (C=O) groups excluding carboxylic acids is 3. The smallest absolute Gasteiger partial charge is 0.406 e. The van der Waals surface area contributed by atoms with Gasteiger partial charge in [0, 0.05) is 37.7 Å². The summed E-state index contributed by atoms with van der Waals surface area (Å²) in [6.07, 6.45) is 3.72. The van der Waals surface area contributed by atoms with E-state index in [1.807, 2.05) is 61.5 Å². The van der Waals surface area contributed by atoms with Crippen LogP contribution in [0, 0.1) is 11.7 Å². The lowest BCUT2D eigenvalue weighted by Gasteiger charge is -2.44. The number of piperidine rings is 1. The van der Waals surface area contributed by atoms with E-state index in [1.54, 1.807) is 21.9 Å². The molecule has 49 heavy (non-hydrogen) atoms. The number of aliphatic hydroxyl groups is 1. The van der Waals surface area contributed by atoms with Crippen molar-refractivity contribution in [2.45, 2.75) is 76.0 Å². The summed E-state index contributed by atoms with van der Waals surface area (Å²) in [4.78, 5) is 42.9. The number of methoxy groups -OCH3 is 1. The van der Waals surface area contributed by atoms with Crippen molar-refractivity contribution < 1.29 is 28.6 Å². The Bertz CT molecular complexity index is 1600. The molecule has 0 aliphatic carbocycles. The Labute approximate surface area is 288 Å². The first kappa shape index (κ1) is 36.0. The summed E-state index contributed by atoms with van der Waals surface area (Å²) in [5.74, 6) is -1.24. The van der Waals surface area contributed by atoms with Gasteiger partial charge in [0.15, 0.2) is 0 Å². The van der Waals surface area contributed by atoms with Gasteiger partial charge >= 0.3 is 6.09 Å². The zero-order valence-corrected chi connectivity index (χ0v) is 28.6. The van der Waals surface area contributed by atoms with Gasteiger partial charge in [0.2, 0.25) is 11.8 Å². The van der Waals surface area contributed by atoms with E-state index in [4.69, 9.17) is 10.5 Å². The molecule has 2 fully saturated rings. The quantitative estimate of drug-likeness (QED) is 0.228. The highest BCUT2D eigenvalue weighted by Crippen LogP contribution is 2.44. The molecular formula is C39H49FN4O5. The van der Waals surface area contributed by atoms with Gasteiger partial charge in [-0.25, -0.2) is 9.18 Å². The van der Waals surface area contributed by atoms with Crippen LogP contribution in [0.25, 0.3) is 11.1 Å². The predicted molar refractivity (Wildman–Crippen MR) is 187 cm³/mol. The molecular weight excluding hydrogens is 623 g/mol. The summed E-state index contributed by atoms with van der Waals surface area (Å²) in [5, 5.41) is 15.5. The molecule has 2 aliphatic rings. The van der Waals surface area contributed by atoms with Gasteiger partial charge in [0.25, 0.3) is 0 Å². The van der Waals surface area contributed by atoms with Gasteiger partial charge in [-0.2, -0.15) is 0 Å². The highest BCUT2D eigenvalue weighted by Gasteiger charge is 2.45. The monoisotopic (exact) mass is 672 g/mol. The third kappa shape index (κ3) is 8.31. The molecule has 3 amide bonds. The molecule has 0 radical (unpaired) electrons. The van der Waals surface area contributed by atoms with Crippen molar-refractivity contribution in [2.75, 3.05) is 33.3 Å². The maximum Gasteiger partial charge on any atom is 0.406 e. The lowest BCUT2D eigenvalue weighted by molar-refractivity contribution is -0.147. The van der Waals surface area contributed by atoms with Crippen LogP contribution in [-0.4, -0.2) is 78.2 Å². The number of amides is 3. The Kier molecular flexibility index (Phi) is 12.1. The lowest BCUT2D eigenvalue weighted by Crippen LogP contribution is -2.55. The molecule has 2 aliphatic heterocycles. The first-order chi connectivity index (χ1) is 23.7. The standard InChI is InChI=1S/C39H49FN4O5/c1-3-27-14-7-15-29(24-27)35-31(17-8-18-32(35)40)39(48,20-11-21-42-38(47)49-2)30-16-9-22-43(26-30)37(46)34-19-10-23-44(34)36(45)33(41)25-28-12-5-4-6-13-28/h4-8,12-15,17-18,24,30,33-34,48H,3,9-11,16,19-23,25-26,41H2,1-2H3,(H,42,47)/t30-,33?,34+,39+/m1/s1. The SMILES string of the molecule is CCc1cccc(-c2c(F)cccc2[C@](O)(CCCNC(=O)OC)[C@@H]2CCCN(C(=O)[C@@H]3CCCN3C(=O)C(N)Cc3ccccc3)C2)c1. The van der Waals surface area contributed by atoms with Crippen molar-refractivity contribution in [3.63, 3.8) is 0 Å². The van der Waals surface area contributed by atoms with Gasteiger partial charge in [-0.3, -0.25) is 9.59 Å². The van der Waals surface area contributed by atoms with Crippen LogP contribution < -0.4 is 11.1 Å². The van der Waals surface area contributed by atoms with E-state index < -0.39 is 35.5 Å². The minimum absolute atomic E-state index is 0.146. The molecule has 2 saturated heterocycles. The first-order valence-electron chi connectivity index (χ1n) is 17.5. The minimum atomic E-state index is -1.53. The van der Waals surface area contributed by atoms with E-state index in [1.165, 1.54) is 13.2 Å². The summed E-state index contributed by atoms with van der Waals surface area (Å²) in [6, 6.07) is 20.7. The van der Waals surface area contributed by atoms with Gasteiger partial charge in [0.05, 0.1) is 18.8 Å². The molecule has 4 N–H and O–H groups in total. The van der Waals surface area contributed by atoms with E-state index >= 15 is 4.39 Å². The van der Waals surface area contributed by atoms with E-state index in [0.717, 1.165) is 17.5 Å². The zero-order valence-electron chi connectivity index (χ0n) is 28.6. The van der Waals surface area contributed by atoms with E-state index in [2.05, 4.69) is 5.32 Å². The molecule has 5 rings (SSSR count). The summed E-state index contributed by atoms with van der Waals surface area (Å²) >= 11 is 0. The van der Waals surface area contributed by atoms with Crippen LogP contribution in [0.3, 0.4) is 0 Å². The van der Waals surface area contributed by atoms with Crippen molar-refractivity contribution in [3.8, 4) is 11.1 Å². The van der Waals surface area contributed by atoms with Crippen LogP contribution in [0.4, 0.5) is 9.18 Å². The number of carbonyl (C=O) groups is 3. The van der Waals surface area contributed by atoms with Gasteiger partial charge in [-0.05, 0) is 79.7 Å². The molecule has 0 aromatic heterocycles. The highest BCUT2D eigenvalue weighted by atomic mass is 19.1. The second-order valence-electron chi connectivity index (χ2n) is 13.3. The molecule has 0 saturated carbocycles. The normalized spacial score (nSPS) is 19.6. The molecule has 10 heteroatoms. The molecule has 4 atom stereocenters. The minimum Gasteiger partial charge on any atom is -0.453 e. The average Bonchev–Trinajstić information content (AvgIpc) is 3.63. The maximum atomic E-state index is 15.8. The first-order valence-corrected chi connectivity index (χ1v) is 17.5. The summed E-state index contributed by atoms with van der Waals surface area (Å²) in [6.45, 7) is 3.51. The van der Waals surface area contributed by atoms with Crippen molar-refractivity contribution in [2.24, 2.45) is 11.7 Å². The Hall–Kier alpha value is -4.28. The predicted octanol–water partition coefficient (Wildman–Crippen LogP) is 5.18. The number of nitrogens with zero attached hydrogens (tertiary/aromatic N) is 2. The van der Waals surface area contributed by atoms with Crippen LogP contribution in [0.15, 0.2) is 72.8 Å². The zero-order chi connectivity index (χ0) is 35.0. The van der Waals surface area contributed by atoms with Crippen LogP contribution in [0.2, 0.25) is 0 Å². The molecule has 0 bridgehead atoms. The summed E-state index contributed by atoms with van der Waals surface area (Å²) in [5.41, 5.74) is 8.33. The van der Waals surface area contributed by atoms with Gasteiger partial charge in [-0.15, -0.1) is 0 Å². The largest absolute Gasteiger partial charge is 0.453 e. The number of rotatable bonds is 12. The number of hydrogen-bond acceptors (Lipinski definition) is 6. The molecule has 2 heterocycles. The summed E-state index contributed by atoms with van der Waals surface area (Å²) < 4.78 is 20.6. The van der Waals surface area contributed by atoms with Crippen LogP contribution in [-0.2, 0) is 32.8 Å². The number of benzene rings is 3. The van der Waals surface area contributed by atoms with E-state index in [0.29, 0.717) is 68.3 Å². The fourth-order valence-electron chi connectivity index (χ4n) is 7.54. The molecule has 3 aromatic rings. The molecule has 3 aromatic carbocycles. The van der Waals surface area contributed by atoms with Crippen LogP contribution >= 0.6 is 0 Å². The number of alkyl carbamates (subject to hydrolysis) is 1. The Morgan fingerprint density at radius 2 is 1.76 bits per heavy atom. The number of halogens is 1. The number of hydrogen-bond donors (Lipinski definition) is 3. The number of nitrogens with one attached hydrogen (secondary N) is 1. The third-order valence-electron chi connectivity index (χ3n) is 10.1. The fraction of sp³-hybridized carbons (Fsp3) is 0.462. The maximum absolute atomic E-state index is 15.8. The second-order valence-corrected chi connectivity index (χ2v) is 13.3.